The predicted molar refractivity (Wildman–Crippen MR) is 148 cm³/mol. The molecule has 0 atom stereocenters. The molecule has 1 fully saturated rings. The highest BCUT2D eigenvalue weighted by molar-refractivity contribution is 9.10. The molecule has 0 bridgehead atoms. The summed E-state index contributed by atoms with van der Waals surface area (Å²) >= 11 is 3.41. The molecule has 0 spiro atoms. The molecular weight excluding hydrogens is 570 g/mol. The fourth-order valence-corrected chi connectivity index (χ4v) is 4.37. The van der Waals surface area contributed by atoms with Crippen molar-refractivity contribution in [3.05, 3.63) is 81.8 Å². The highest BCUT2D eigenvalue weighted by Gasteiger charge is 2.37. The molecule has 3 aromatic rings. The van der Waals surface area contributed by atoms with Crippen molar-refractivity contribution >= 4 is 57.1 Å². The van der Waals surface area contributed by atoms with E-state index < -0.39 is 17.8 Å². The van der Waals surface area contributed by atoms with Crippen LogP contribution in [0.15, 0.2) is 70.7 Å². The summed E-state index contributed by atoms with van der Waals surface area (Å²) in [6, 6.07) is 15.0. The predicted octanol–water partition coefficient (Wildman–Crippen LogP) is 4.55. The Kier molecular flexibility index (Phi) is 8.30. The quantitative estimate of drug-likeness (QED) is 0.258. The minimum absolute atomic E-state index is 0.0429. The van der Waals surface area contributed by atoms with E-state index in [1.165, 1.54) is 30.3 Å². The van der Waals surface area contributed by atoms with Crippen LogP contribution in [-0.2, 0) is 14.4 Å². The van der Waals surface area contributed by atoms with Crippen molar-refractivity contribution in [2.45, 2.75) is 13.8 Å². The zero-order valence-corrected chi connectivity index (χ0v) is 22.6. The molecule has 10 nitrogen and oxygen atoms in total. The number of carbonyl (C=O) groups excluding carboxylic acids is 4. The number of aryl methyl sites for hydroxylation is 1. The van der Waals surface area contributed by atoms with Crippen LogP contribution in [0.2, 0.25) is 0 Å². The number of phenols is 1. The average Bonchev–Trinajstić information content (AvgIpc) is 2.87. The molecule has 39 heavy (non-hydrogen) atoms. The van der Waals surface area contributed by atoms with Gasteiger partial charge in [0.1, 0.15) is 11.3 Å². The Labute approximate surface area is 232 Å². The molecule has 11 heteroatoms. The van der Waals surface area contributed by atoms with Crippen LogP contribution in [0.1, 0.15) is 18.1 Å². The van der Waals surface area contributed by atoms with E-state index in [0.29, 0.717) is 15.7 Å². The minimum atomic E-state index is -0.906. The lowest BCUT2D eigenvalue weighted by Crippen LogP contribution is -2.54. The van der Waals surface area contributed by atoms with Gasteiger partial charge in [0.25, 0.3) is 17.7 Å². The number of nitrogens with zero attached hydrogens (tertiary/aromatic N) is 1. The van der Waals surface area contributed by atoms with Crippen molar-refractivity contribution in [2.75, 3.05) is 23.4 Å². The number of hydrogen-bond acceptors (Lipinski definition) is 7. The van der Waals surface area contributed by atoms with Gasteiger partial charge in [-0.15, -0.1) is 0 Å². The van der Waals surface area contributed by atoms with Gasteiger partial charge in [-0.1, -0.05) is 12.1 Å². The topological polar surface area (TPSA) is 134 Å². The SMILES string of the molecule is CCOc1cc(/C=C2\C(=O)NC(=O)N(c3ccc(O)cc3)C2=O)cc(Br)c1OCC(=O)Nc1cccc(C)c1. The highest BCUT2D eigenvalue weighted by atomic mass is 79.9. The normalized spacial score (nSPS) is 14.3. The molecular formula is C28H24BrN3O7. The Morgan fingerprint density at radius 1 is 1.08 bits per heavy atom. The second-order valence-corrected chi connectivity index (χ2v) is 9.30. The lowest BCUT2D eigenvalue weighted by atomic mass is 10.1. The Bertz CT molecular complexity index is 1480. The smallest absolute Gasteiger partial charge is 0.335 e. The monoisotopic (exact) mass is 593 g/mol. The minimum Gasteiger partial charge on any atom is -0.508 e. The highest BCUT2D eigenvalue weighted by Crippen LogP contribution is 2.38. The number of anilines is 2. The van der Waals surface area contributed by atoms with E-state index in [2.05, 4.69) is 26.6 Å². The Balaban J connectivity index is 1.58. The first-order valence-corrected chi connectivity index (χ1v) is 12.6. The van der Waals surface area contributed by atoms with Gasteiger partial charge in [-0.3, -0.25) is 19.7 Å². The van der Waals surface area contributed by atoms with E-state index in [1.807, 2.05) is 25.1 Å². The number of urea groups is 1. The van der Waals surface area contributed by atoms with Gasteiger partial charge < -0.3 is 19.9 Å². The van der Waals surface area contributed by atoms with Crippen LogP contribution in [0.25, 0.3) is 6.08 Å². The summed E-state index contributed by atoms with van der Waals surface area (Å²) in [4.78, 5) is 51.4. The number of halogens is 1. The van der Waals surface area contributed by atoms with Gasteiger partial charge in [0.2, 0.25) is 0 Å². The summed E-state index contributed by atoms with van der Waals surface area (Å²) < 4.78 is 11.9. The molecule has 0 unspecified atom stereocenters. The first-order valence-electron chi connectivity index (χ1n) is 11.8. The Morgan fingerprint density at radius 3 is 2.51 bits per heavy atom. The van der Waals surface area contributed by atoms with Crippen molar-refractivity contribution in [3.8, 4) is 17.2 Å². The van der Waals surface area contributed by atoms with Crippen molar-refractivity contribution in [2.24, 2.45) is 0 Å². The Morgan fingerprint density at radius 2 is 1.82 bits per heavy atom. The number of amides is 5. The van der Waals surface area contributed by atoms with E-state index in [4.69, 9.17) is 9.47 Å². The number of nitrogens with one attached hydrogen (secondary N) is 2. The van der Waals surface area contributed by atoms with Gasteiger partial charge in [0, 0.05) is 5.69 Å². The maximum absolute atomic E-state index is 13.1. The summed E-state index contributed by atoms with van der Waals surface area (Å²) in [5, 5.41) is 14.4. The zero-order valence-electron chi connectivity index (χ0n) is 21.0. The van der Waals surface area contributed by atoms with Gasteiger partial charge >= 0.3 is 6.03 Å². The van der Waals surface area contributed by atoms with E-state index in [0.717, 1.165) is 10.5 Å². The fraction of sp³-hybridized carbons (Fsp3) is 0.143. The maximum Gasteiger partial charge on any atom is 0.335 e. The molecule has 0 aromatic heterocycles. The molecule has 0 radical (unpaired) electrons. The van der Waals surface area contributed by atoms with Crippen LogP contribution in [0.3, 0.4) is 0 Å². The number of benzene rings is 3. The number of hydrogen-bond donors (Lipinski definition) is 3. The molecule has 1 heterocycles. The first-order chi connectivity index (χ1) is 18.7. The first kappa shape index (κ1) is 27.4. The third-order valence-corrected chi connectivity index (χ3v) is 6.09. The molecule has 4 rings (SSSR count). The number of imide groups is 2. The molecule has 0 saturated carbocycles. The van der Waals surface area contributed by atoms with Gasteiger partial charge in [-0.05, 0) is 95.5 Å². The summed E-state index contributed by atoms with van der Waals surface area (Å²) in [5.74, 6) is -1.57. The van der Waals surface area contributed by atoms with E-state index >= 15 is 0 Å². The molecule has 0 aliphatic carbocycles. The summed E-state index contributed by atoms with van der Waals surface area (Å²) in [6.07, 6.45) is 1.32. The van der Waals surface area contributed by atoms with Crippen LogP contribution in [0.5, 0.6) is 17.2 Å². The van der Waals surface area contributed by atoms with E-state index in [9.17, 15) is 24.3 Å². The third-order valence-electron chi connectivity index (χ3n) is 5.50. The molecule has 200 valence electrons. The van der Waals surface area contributed by atoms with Crippen molar-refractivity contribution in [3.63, 3.8) is 0 Å². The maximum atomic E-state index is 13.1. The number of barbiturate groups is 1. The molecule has 1 saturated heterocycles. The molecule has 1 aliphatic rings. The fourth-order valence-electron chi connectivity index (χ4n) is 3.79. The molecule has 1 aliphatic heterocycles. The summed E-state index contributed by atoms with van der Waals surface area (Å²) in [5.41, 5.74) is 1.94. The third kappa shape index (κ3) is 6.44. The van der Waals surface area contributed by atoms with Gasteiger partial charge in [0.15, 0.2) is 18.1 Å². The van der Waals surface area contributed by atoms with E-state index in [-0.39, 0.29) is 47.6 Å². The number of aromatic hydroxyl groups is 1. The second-order valence-electron chi connectivity index (χ2n) is 8.44. The lowest BCUT2D eigenvalue weighted by Gasteiger charge is -2.26. The van der Waals surface area contributed by atoms with Gasteiger partial charge in [-0.2, -0.15) is 0 Å². The number of carbonyl (C=O) groups is 4. The van der Waals surface area contributed by atoms with Crippen LogP contribution >= 0.6 is 15.9 Å². The largest absolute Gasteiger partial charge is 0.508 e. The molecule has 3 aromatic carbocycles. The van der Waals surface area contributed by atoms with Crippen molar-refractivity contribution in [1.82, 2.24) is 5.32 Å². The van der Waals surface area contributed by atoms with Crippen LogP contribution in [0, 0.1) is 6.92 Å². The lowest BCUT2D eigenvalue weighted by molar-refractivity contribution is -0.122. The molecule has 5 amide bonds. The standard InChI is InChI=1S/C28H24BrN3O7/c1-3-38-23-14-17(13-22(29)25(23)39-15-24(34)30-18-6-4-5-16(2)11-18)12-21-26(35)31-28(37)32(27(21)36)19-7-9-20(33)10-8-19/h4-14,33H,3,15H2,1-2H3,(H,30,34)(H,31,35,37)/b21-12+. The number of phenolic OH excluding ortho intramolecular Hbond substituents is 1. The van der Waals surface area contributed by atoms with Crippen molar-refractivity contribution < 1.29 is 33.8 Å². The van der Waals surface area contributed by atoms with Gasteiger partial charge in [-0.25, -0.2) is 9.69 Å². The number of rotatable bonds is 8. The number of ether oxygens (including phenoxy) is 2. The van der Waals surface area contributed by atoms with Crippen molar-refractivity contribution in [1.29, 1.82) is 0 Å². The van der Waals surface area contributed by atoms with Crippen LogP contribution in [0.4, 0.5) is 16.2 Å². The van der Waals surface area contributed by atoms with Crippen LogP contribution in [-0.4, -0.2) is 42.1 Å². The summed E-state index contributed by atoms with van der Waals surface area (Å²) in [7, 11) is 0. The van der Waals surface area contributed by atoms with Gasteiger partial charge in [0.05, 0.1) is 16.8 Å². The second kappa shape index (κ2) is 11.8. The molecule has 3 N–H and O–H groups in total. The Hall–Kier alpha value is -4.64. The van der Waals surface area contributed by atoms with Crippen LogP contribution < -0.4 is 25.0 Å². The average molecular weight is 594 g/mol. The summed E-state index contributed by atoms with van der Waals surface area (Å²) in [6.45, 7) is 3.67. The zero-order chi connectivity index (χ0) is 28.1. The van der Waals surface area contributed by atoms with E-state index in [1.54, 1.807) is 25.1 Å².